The SMILES string of the molecule is N#CC1(NC(=O)c2ccc(-c3ccc4nc(NCc5ccc(F)cc5)nc(O[C@H]5CCOC5)c4n3)cc2)CC1. The fraction of sp³-hybridized carbons (Fsp3) is 0.276. The van der Waals surface area contributed by atoms with E-state index in [0.29, 0.717) is 66.7 Å². The number of nitrogens with one attached hydrogen (secondary N) is 2. The normalized spacial score (nSPS) is 17.4. The summed E-state index contributed by atoms with van der Waals surface area (Å²) >= 11 is 0. The summed E-state index contributed by atoms with van der Waals surface area (Å²) < 4.78 is 24.9. The van der Waals surface area contributed by atoms with Gasteiger partial charge in [0.15, 0.2) is 5.52 Å². The molecule has 1 aliphatic carbocycles. The molecule has 2 fully saturated rings. The summed E-state index contributed by atoms with van der Waals surface area (Å²) in [5.41, 5.74) is 3.24. The Morgan fingerprint density at radius 3 is 2.56 bits per heavy atom. The molecule has 1 atom stereocenters. The van der Waals surface area contributed by atoms with Gasteiger partial charge in [-0.05, 0) is 54.8 Å². The van der Waals surface area contributed by atoms with Crippen molar-refractivity contribution < 1.29 is 18.7 Å². The lowest BCUT2D eigenvalue weighted by Crippen LogP contribution is -2.35. The second kappa shape index (κ2) is 10.3. The predicted molar refractivity (Wildman–Crippen MR) is 141 cm³/mol. The Hall–Kier alpha value is -4.62. The van der Waals surface area contributed by atoms with Crippen LogP contribution in [0.15, 0.2) is 60.7 Å². The molecular formula is C29H25FN6O3. The van der Waals surface area contributed by atoms with Crippen LogP contribution in [0.2, 0.25) is 0 Å². The number of nitriles is 1. The number of hydrogen-bond acceptors (Lipinski definition) is 8. The van der Waals surface area contributed by atoms with Gasteiger partial charge in [0.25, 0.3) is 5.91 Å². The average molecular weight is 525 g/mol. The van der Waals surface area contributed by atoms with E-state index in [1.807, 2.05) is 24.3 Å². The summed E-state index contributed by atoms with van der Waals surface area (Å²) in [6, 6.07) is 19.2. The van der Waals surface area contributed by atoms with Crippen molar-refractivity contribution in [2.24, 2.45) is 0 Å². The van der Waals surface area contributed by atoms with Gasteiger partial charge in [0.05, 0.1) is 30.5 Å². The quantitative estimate of drug-likeness (QED) is 0.348. The van der Waals surface area contributed by atoms with Gasteiger partial charge < -0.3 is 20.1 Å². The maximum atomic E-state index is 13.2. The summed E-state index contributed by atoms with van der Waals surface area (Å²) in [5.74, 6) is 0.161. The van der Waals surface area contributed by atoms with E-state index < -0.39 is 5.54 Å². The molecule has 1 aliphatic heterocycles. The zero-order valence-electron chi connectivity index (χ0n) is 21.0. The van der Waals surface area contributed by atoms with Crippen LogP contribution in [0.5, 0.6) is 5.88 Å². The molecule has 196 valence electrons. The number of amides is 1. The number of ether oxygens (including phenoxy) is 2. The van der Waals surface area contributed by atoms with Gasteiger partial charge in [0, 0.05) is 24.1 Å². The Morgan fingerprint density at radius 2 is 1.87 bits per heavy atom. The van der Waals surface area contributed by atoms with Crippen molar-refractivity contribution >= 4 is 22.9 Å². The first-order valence-electron chi connectivity index (χ1n) is 12.8. The van der Waals surface area contributed by atoms with Crippen LogP contribution < -0.4 is 15.4 Å². The fourth-order valence-electron chi connectivity index (χ4n) is 4.33. The highest BCUT2D eigenvalue weighted by Gasteiger charge is 2.44. The minimum atomic E-state index is -0.719. The van der Waals surface area contributed by atoms with E-state index in [-0.39, 0.29) is 17.8 Å². The molecule has 1 amide bonds. The van der Waals surface area contributed by atoms with Gasteiger partial charge >= 0.3 is 0 Å². The molecule has 6 rings (SSSR count). The van der Waals surface area contributed by atoms with Crippen LogP contribution in [0.25, 0.3) is 22.3 Å². The first-order chi connectivity index (χ1) is 19.0. The highest BCUT2D eigenvalue weighted by Crippen LogP contribution is 2.34. The highest BCUT2D eigenvalue weighted by molar-refractivity contribution is 5.95. The van der Waals surface area contributed by atoms with Crippen LogP contribution in [0.4, 0.5) is 10.3 Å². The van der Waals surface area contributed by atoms with Gasteiger partial charge in [-0.25, -0.2) is 14.4 Å². The summed E-state index contributed by atoms with van der Waals surface area (Å²) in [7, 11) is 0. The molecule has 0 bridgehead atoms. The smallest absolute Gasteiger partial charge is 0.252 e. The largest absolute Gasteiger partial charge is 0.470 e. The van der Waals surface area contributed by atoms with Gasteiger partial charge in [-0.3, -0.25) is 4.79 Å². The van der Waals surface area contributed by atoms with Crippen molar-refractivity contribution in [3.8, 4) is 23.2 Å². The van der Waals surface area contributed by atoms with E-state index in [9.17, 15) is 14.4 Å². The van der Waals surface area contributed by atoms with Gasteiger partial charge in [0.2, 0.25) is 11.8 Å². The van der Waals surface area contributed by atoms with Crippen molar-refractivity contribution in [3.05, 3.63) is 77.6 Å². The first-order valence-corrected chi connectivity index (χ1v) is 12.8. The number of pyridine rings is 1. The molecule has 2 aromatic carbocycles. The van der Waals surface area contributed by atoms with E-state index in [1.54, 1.807) is 24.3 Å². The molecule has 9 nitrogen and oxygen atoms in total. The Kier molecular flexibility index (Phi) is 6.50. The predicted octanol–water partition coefficient (Wildman–Crippen LogP) is 4.40. The van der Waals surface area contributed by atoms with Gasteiger partial charge in [0.1, 0.15) is 17.5 Å². The molecule has 0 radical (unpaired) electrons. The third-order valence-corrected chi connectivity index (χ3v) is 6.80. The second-order valence-electron chi connectivity index (χ2n) is 9.73. The van der Waals surface area contributed by atoms with Crippen LogP contribution in [-0.4, -0.2) is 45.7 Å². The van der Waals surface area contributed by atoms with Gasteiger partial charge in [-0.1, -0.05) is 24.3 Å². The molecule has 0 spiro atoms. The molecule has 1 saturated heterocycles. The Bertz CT molecular complexity index is 1560. The summed E-state index contributed by atoms with van der Waals surface area (Å²) in [6.45, 7) is 1.51. The Balaban J connectivity index is 1.26. The van der Waals surface area contributed by atoms with Crippen LogP contribution in [0.3, 0.4) is 0 Å². The molecule has 39 heavy (non-hydrogen) atoms. The number of halogens is 1. The van der Waals surface area contributed by atoms with Crippen molar-refractivity contribution in [3.63, 3.8) is 0 Å². The molecule has 4 aromatic rings. The van der Waals surface area contributed by atoms with Crippen molar-refractivity contribution in [2.45, 2.75) is 37.5 Å². The number of nitrogens with zero attached hydrogens (tertiary/aromatic N) is 4. The van der Waals surface area contributed by atoms with Crippen molar-refractivity contribution in [1.82, 2.24) is 20.3 Å². The van der Waals surface area contributed by atoms with E-state index in [1.165, 1.54) is 12.1 Å². The third-order valence-electron chi connectivity index (χ3n) is 6.80. The zero-order chi connectivity index (χ0) is 26.8. The van der Waals surface area contributed by atoms with E-state index in [4.69, 9.17) is 14.5 Å². The van der Waals surface area contributed by atoms with E-state index in [0.717, 1.165) is 17.5 Å². The third kappa shape index (κ3) is 5.49. The summed E-state index contributed by atoms with van der Waals surface area (Å²) in [4.78, 5) is 26.6. The lowest BCUT2D eigenvalue weighted by atomic mass is 10.1. The summed E-state index contributed by atoms with van der Waals surface area (Å²) in [6.07, 6.45) is 1.97. The molecule has 10 heteroatoms. The minimum absolute atomic E-state index is 0.139. The van der Waals surface area contributed by atoms with E-state index in [2.05, 4.69) is 26.7 Å². The molecule has 2 N–H and O–H groups in total. The maximum absolute atomic E-state index is 13.2. The molecule has 2 aromatic heterocycles. The molecular weight excluding hydrogens is 499 g/mol. The van der Waals surface area contributed by atoms with Gasteiger partial charge in [-0.15, -0.1) is 0 Å². The fourth-order valence-corrected chi connectivity index (χ4v) is 4.33. The lowest BCUT2D eigenvalue weighted by Gasteiger charge is -2.15. The monoisotopic (exact) mass is 524 g/mol. The number of aromatic nitrogens is 3. The lowest BCUT2D eigenvalue weighted by molar-refractivity contribution is 0.0941. The average Bonchev–Trinajstić information content (AvgIpc) is 3.55. The molecule has 1 saturated carbocycles. The second-order valence-corrected chi connectivity index (χ2v) is 9.73. The number of rotatable bonds is 8. The number of hydrogen-bond donors (Lipinski definition) is 2. The molecule has 0 unspecified atom stereocenters. The highest BCUT2D eigenvalue weighted by atomic mass is 19.1. The molecule has 2 aliphatic rings. The first kappa shape index (κ1) is 24.7. The van der Waals surface area contributed by atoms with Gasteiger partial charge in [-0.2, -0.15) is 10.2 Å². The zero-order valence-corrected chi connectivity index (χ0v) is 21.0. The standard InChI is InChI=1S/C29H25FN6O3/c30-21-7-1-18(2-8-21)15-32-28-34-24-10-9-23(33-25(24)27(35-28)39-22-11-14-38-16-22)19-3-5-20(6-4-19)26(37)36-29(17-31)12-13-29/h1-10,22H,11-16H2,(H,36,37)(H,32,34,35)/t22-/m0/s1. The maximum Gasteiger partial charge on any atom is 0.252 e. The van der Waals surface area contributed by atoms with Crippen LogP contribution in [-0.2, 0) is 11.3 Å². The van der Waals surface area contributed by atoms with E-state index >= 15 is 0 Å². The van der Waals surface area contributed by atoms with Crippen molar-refractivity contribution in [1.29, 1.82) is 5.26 Å². The van der Waals surface area contributed by atoms with Crippen LogP contribution in [0, 0.1) is 17.1 Å². The van der Waals surface area contributed by atoms with Crippen LogP contribution >= 0.6 is 0 Å². The number of anilines is 1. The number of carbonyl (C=O) groups is 1. The topological polar surface area (TPSA) is 122 Å². The van der Waals surface area contributed by atoms with Crippen molar-refractivity contribution in [2.75, 3.05) is 18.5 Å². The van der Waals surface area contributed by atoms with Crippen LogP contribution in [0.1, 0.15) is 35.2 Å². The Morgan fingerprint density at radius 1 is 1.08 bits per heavy atom. The summed E-state index contributed by atoms with van der Waals surface area (Å²) in [5, 5.41) is 15.2. The molecule has 3 heterocycles. The minimum Gasteiger partial charge on any atom is -0.470 e. The Labute approximate surface area is 224 Å². The number of benzene rings is 2. The number of fused-ring (bicyclic) bond motifs is 1. The number of carbonyl (C=O) groups excluding carboxylic acids is 1.